The summed E-state index contributed by atoms with van der Waals surface area (Å²) in [7, 11) is 0. The molecule has 0 radical (unpaired) electrons. The summed E-state index contributed by atoms with van der Waals surface area (Å²) >= 11 is 0. The molecular weight excluding hydrogens is 403 g/mol. The van der Waals surface area contributed by atoms with Gasteiger partial charge in [0.15, 0.2) is 12.0 Å². The standard InChI is InChI=1S/C27H37FN2O2/c1-3-5-7-8-20-18-29-26(30-19-20)23-12-10-21(11-13-23)22-14-16-24(17-15-22)32-27(31)25(28)9-6-4-2/h10-13,18-19,22,24-25H,3-9,14-17H2,1-2H3/t22-,24-,25-/m0/s1. The van der Waals surface area contributed by atoms with Gasteiger partial charge in [0.25, 0.3) is 0 Å². The van der Waals surface area contributed by atoms with Gasteiger partial charge >= 0.3 is 5.97 Å². The number of hydrogen-bond acceptors (Lipinski definition) is 4. The molecule has 32 heavy (non-hydrogen) atoms. The summed E-state index contributed by atoms with van der Waals surface area (Å²) in [6, 6.07) is 8.50. The van der Waals surface area contributed by atoms with E-state index >= 15 is 0 Å². The summed E-state index contributed by atoms with van der Waals surface area (Å²) in [5, 5.41) is 0. The fraction of sp³-hybridized carbons (Fsp3) is 0.593. The summed E-state index contributed by atoms with van der Waals surface area (Å²) in [5.41, 5.74) is 3.51. The molecule has 3 rings (SSSR count). The van der Waals surface area contributed by atoms with Crippen molar-refractivity contribution < 1.29 is 13.9 Å². The van der Waals surface area contributed by atoms with Crippen molar-refractivity contribution in [2.24, 2.45) is 0 Å². The first kappa shape index (κ1) is 24.3. The second kappa shape index (κ2) is 12.7. The molecule has 1 aromatic carbocycles. The minimum Gasteiger partial charge on any atom is -0.460 e. The number of nitrogens with zero attached hydrogens (tertiary/aromatic N) is 2. The molecule has 1 aromatic heterocycles. The molecule has 5 heteroatoms. The summed E-state index contributed by atoms with van der Waals surface area (Å²) < 4.78 is 19.3. The molecule has 0 bridgehead atoms. The maximum Gasteiger partial charge on any atom is 0.340 e. The van der Waals surface area contributed by atoms with Gasteiger partial charge in [-0.05, 0) is 62.0 Å². The van der Waals surface area contributed by atoms with Crippen LogP contribution in [-0.2, 0) is 16.0 Å². The number of carbonyl (C=O) groups is 1. The molecule has 174 valence electrons. The molecular formula is C27H37FN2O2. The van der Waals surface area contributed by atoms with Crippen LogP contribution in [-0.4, -0.2) is 28.2 Å². The van der Waals surface area contributed by atoms with E-state index in [1.54, 1.807) is 0 Å². The summed E-state index contributed by atoms with van der Waals surface area (Å²) in [5.74, 6) is 0.528. The van der Waals surface area contributed by atoms with E-state index in [0.717, 1.165) is 49.9 Å². The van der Waals surface area contributed by atoms with E-state index in [0.29, 0.717) is 12.3 Å². The van der Waals surface area contributed by atoms with E-state index < -0.39 is 12.1 Å². The number of halogens is 1. The molecule has 1 saturated carbocycles. The van der Waals surface area contributed by atoms with Crippen molar-refractivity contribution in [3.8, 4) is 11.4 Å². The zero-order chi connectivity index (χ0) is 22.8. The van der Waals surface area contributed by atoms with Crippen LogP contribution in [0.4, 0.5) is 4.39 Å². The van der Waals surface area contributed by atoms with Crippen LogP contribution >= 0.6 is 0 Å². The Balaban J connectivity index is 1.48. The smallest absolute Gasteiger partial charge is 0.340 e. The third-order valence-corrected chi connectivity index (χ3v) is 6.44. The summed E-state index contributed by atoms with van der Waals surface area (Å²) in [4.78, 5) is 21.0. The number of aryl methyl sites for hydroxylation is 1. The van der Waals surface area contributed by atoms with Gasteiger partial charge in [-0.2, -0.15) is 0 Å². The molecule has 0 amide bonds. The average Bonchev–Trinajstić information content (AvgIpc) is 2.84. The fourth-order valence-corrected chi connectivity index (χ4v) is 4.37. The highest BCUT2D eigenvalue weighted by Crippen LogP contribution is 2.35. The maximum absolute atomic E-state index is 13.9. The summed E-state index contributed by atoms with van der Waals surface area (Å²) in [6.45, 7) is 4.20. The minimum atomic E-state index is -1.48. The second-order valence-electron chi connectivity index (χ2n) is 9.01. The molecule has 1 heterocycles. The number of rotatable bonds is 11. The van der Waals surface area contributed by atoms with Gasteiger partial charge in [-0.25, -0.2) is 19.2 Å². The van der Waals surface area contributed by atoms with Crippen LogP contribution in [0.5, 0.6) is 0 Å². The lowest BCUT2D eigenvalue weighted by Crippen LogP contribution is -2.28. The van der Waals surface area contributed by atoms with Crippen molar-refractivity contribution in [2.45, 2.75) is 103 Å². The largest absolute Gasteiger partial charge is 0.460 e. The summed E-state index contributed by atoms with van der Waals surface area (Å²) in [6.07, 6.45) is 12.3. The number of ether oxygens (including phenoxy) is 1. The zero-order valence-electron chi connectivity index (χ0n) is 19.6. The van der Waals surface area contributed by atoms with Gasteiger partial charge in [0.1, 0.15) is 6.10 Å². The van der Waals surface area contributed by atoms with Crippen molar-refractivity contribution in [1.82, 2.24) is 9.97 Å². The molecule has 1 fully saturated rings. The highest BCUT2D eigenvalue weighted by Gasteiger charge is 2.27. The molecule has 1 atom stereocenters. The van der Waals surface area contributed by atoms with Crippen molar-refractivity contribution in [3.63, 3.8) is 0 Å². The molecule has 1 aliphatic carbocycles. The Hall–Kier alpha value is -2.30. The second-order valence-corrected chi connectivity index (χ2v) is 9.01. The van der Waals surface area contributed by atoms with Crippen molar-refractivity contribution >= 4 is 5.97 Å². The van der Waals surface area contributed by atoms with Crippen LogP contribution < -0.4 is 0 Å². The lowest BCUT2D eigenvalue weighted by Gasteiger charge is -2.29. The van der Waals surface area contributed by atoms with Gasteiger partial charge in [-0.15, -0.1) is 0 Å². The van der Waals surface area contributed by atoms with E-state index in [1.165, 1.54) is 30.4 Å². The molecule has 0 N–H and O–H groups in total. The number of benzene rings is 1. The van der Waals surface area contributed by atoms with E-state index in [9.17, 15) is 9.18 Å². The van der Waals surface area contributed by atoms with Crippen molar-refractivity contribution in [3.05, 3.63) is 47.8 Å². The molecule has 0 spiro atoms. The van der Waals surface area contributed by atoms with Gasteiger partial charge in [0.2, 0.25) is 0 Å². The number of carbonyl (C=O) groups excluding carboxylic acids is 1. The van der Waals surface area contributed by atoms with E-state index in [2.05, 4.69) is 41.2 Å². The molecule has 0 saturated heterocycles. The molecule has 4 nitrogen and oxygen atoms in total. The van der Waals surface area contributed by atoms with Crippen LogP contribution in [0, 0.1) is 0 Å². The third kappa shape index (κ3) is 7.11. The normalized spacial score (nSPS) is 19.5. The van der Waals surface area contributed by atoms with Crippen LogP contribution in [0.3, 0.4) is 0 Å². The van der Waals surface area contributed by atoms with E-state index in [4.69, 9.17) is 4.74 Å². The minimum absolute atomic E-state index is 0.151. The zero-order valence-corrected chi connectivity index (χ0v) is 19.6. The Kier molecular flexibility index (Phi) is 9.63. The molecule has 2 aromatic rings. The number of aromatic nitrogens is 2. The maximum atomic E-state index is 13.9. The van der Waals surface area contributed by atoms with Gasteiger partial charge in [-0.3, -0.25) is 0 Å². The monoisotopic (exact) mass is 440 g/mol. The lowest BCUT2D eigenvalue weighted by molar-refractivity contribution is -0.157. The van der Waals surface area contributed by atoms with Gasteiger partial charge < -0.3 is 4.74 Å². The third-order valence-electron chi connectivity index (χ3n) is 6.44. The number of unbranched alkanes of at least 4 members (excludes halogenated alkanes) is 3. The first-order valence-electron chi connectivity index (χ1n) is 12.4. The number of hydrogen-bond donors (Lipinski definition) is 0. The Morgan fingerprint density at radius 1 is 1.00 bits per heavy atom. The molecule has 0 aliphatic heterocycles. The van der Waals surface area contributed by atoms with Crippen LogP contribution in [0.1, 0.15) is 95.1 Å². The topological polar surface area (TPSA) is 52.1 Å². The highest BCUT2D eigenvalue weighted by atomic mass is 19.1. The predicted octanol–water partition coefficient (Wildman–Crippen LogP) is 6.97. The fourth-order valence-electron chi connectivity index (χ4n) is 4.37. The van der Waals surface area contributed by atoms with Gasteiger partial charge in [0, 0.05) is 18.0 Å². The average molecular weight is 441 g/mol. The quantitative estimate of drug-likeness (QED) is 0.279. The van der Waals surface area contributed by atoms with Crippen LogP contribution in [0.25, 0.3) is 11.4 Å². The van der Waals surface area contributed by atoms with Crippen molar-refractivity contribution in [1.29, 1.82) is 0 Å². The molecule has 0 unspecified atom stereocenters. The number of esters is 1. The van der Waals surface area contributed by atoms with Gasteiger partial charge in [-0.1, -0.05) is 63.8 Å². The van der Waals surface area contributed by atoms with Crippen LogP contribution in [0.2, 0.25) is 0 Å². The Morgan fingerprint density at radius 3 is 2.28 bits per heavy atom. The van der Waals surface area contributed by atoms with Gasteiger partial charge in [0.05, 0.1) is 0 Å². The van der Waals surface area contributed by atoms with Crippen molar-refractivity contribution in [2.75, 3.05) is 0 Å². The van der Waals surface area contributed by atoms with E-state index in [1.807, 2.05) is 19.3 Å². The Labute approximate surface area is 192 Å². The number of alkyl halides is 1. The lowest BCUT2D eigenvalue weighted by atomic mass is 9.82. The molecule has 1 aliphatic rings. The predicted molar refractivity (Wildman–Crippen MR) is 126 cm³/mol. The highest BCUT2D eigenvalue weighted by molar-refractivity contribution is 5.74. The first-order valence-corrected chi connectivity index (χ1v) is 12.4. The van der Waals surface area contributed by atoms with E-state index in [-0.39, 0.29) is 12.5 Å². The first-order chi connectivity index (χ1) is 15.6. The van der Waals surface area contributed by atoms with Crippen LogP contribution in [0.15, 0.2) is 36.7 Å². The Bertz CT molecular complexity index is 815. The Morgan fingerprint density at radius 2 is 1.66 bits per heavy atom. The SMILES string of the molecule is CCCCCc1cnc(-c2ccc([C@H]3CC[C@H](OC(=O)[C@@H](F)CCCC)CC3)cc2)nc1.